The van der Waals surface area contributed by atoms with Crippen molar-refractivity contribution in [3.63, 3.8) is 0 Å². The van der Waals surface area contributed by atoms with Gasteiger partial charge in [-0.1, -0.05) is 6.07 Å². The predicted molar refractivity (Wildman–Crippen MR) is 49.0 cm³/mol. The van der Waals surface area contributed by atoms with Crippen LogP contribution in [0.3, 0.4) is 0 Å². The highest BCUT2D eigenvalue weighted by atomic mass is 16.5. The Balaban J connectivity index is 3.03. The molecule has 0 saturated heterocycles. The van der Waals surface area contributed by atoms with Gasteiger partial charge in [0.25, 0.3) is 5.52 Å². The lowest BCUT2D eigenvalue weighted by molar-refractivity contribution is -0.689. The fourth-order valence-electron chi connectivity index (χ4n) is 1.34. The van der Waals surface area contributed by atoms with E-state index in [9.17, 15) is 15.2 Å². The zero-order valence-electron chi connectivity index (χ0n) is 7.76. The third kappa shape index (κ3) is 1.25. The quantitative estimate of drug-likeness (QED) is 0.471. The molecule has 1 aromatic heterocycles. The van der Waals surface area contributed by atoms with Gasteiger partial charge >= 0.3 is 11.2 Å². The molecule has 1 N–H and O–H groups in total. The van der Waals surface area contributed by atoms with E-state index in [1.54, 1.807) is 6.07 Å². The third-order valence-corrected chi connectivity index (χ3v) is 2.00. The number of para-hydroxylation sites is 1. The van der Waals surface area contributed by atoms with Crippen LogP contribution in [-0.4, -0.2) is 12.2 Å². The van der Waals surface area contributed by atoms with Crippen LogP contribution < -0.4 is 20.0 Å². The van der Waals surface area contributed by atoms with Gasteiger partial charge in [0.05, 0.1) is 7.11 Å². The first-order valence-corrected chi connectivity index (χ1v) is 4.07. The zero-order chi connectivity index (χ0) is 11.0. The number of hydrogen-bond donors (Lipinski definition) is 1. The van der Waals surface area contributed by atoms with Crippen molar-refractivity contribution in [2.24, 2.45) is 0 Å². The van der Waals surface area contributed by atoms with E-state index in [1.807, 2.05) is 5.10 Å². The minimum absolute atomic E-state index is 0.0453. The fraction of sp³-hybridized carbons (Fsp3) is 0.125. The van der Waals surface area contributed by atoms with Gasteiger partial charge in [-0.05, 0) is 6.07 Å². The second-order valence-electron chi connectivity index (χ2n) is 2.83. The van der Waals surface area contributed by atoms with Crippen molar-refractivity contribution >= 4 is 11.0 Å². The van der Waals surface area contributed by atoms with Gasteiger partial charge < -0.3 is 15.2 Å². The molecule has 0 aliphatic rings. The Bertz CT molecular complexity index is 578. The first kappa shape index (κ1) is 9.25. The summed E-state index contributed by atoms with van der Waals surface area (Å²) in [5.74, 6) is 0.179. The Morgan fingerprint density at radius 2 is 2.13 bits per heavy atom. The maximum atomic E-state index is 11.4. The van der Waals surface area contributed by atoms with Crippen LogP contribution in [0.4, 0.5) is 0 Å². The van der Waals surface area contributed by atoms with E-state index in [-0.39, 0.29) is 26.4 Å². The van der Waals surface area contributed by atoms with Crippen LogP contribution in [0.2, 0.25) is 0 Å². The van der Waals surface area contributed by atoms with Gasteiger partial charge in [0.15, 0.2) is 5.75 Å². The van der Waals surface area contributed by atoms with Crippen LogP contribution in [0, 0.1) is 10.4 Å². The number of H-pyrrole nitrogens is 1. The molecule has 1 aromatic carbocycles. The van der Waals surface area contributed by atoms with Gasteiger partial charge in [0.1, 0.15) is 0 Å². The highest BCUT2D eigenvalue weighted by molar-refractivity contribution is 5.74. The molecule has 7 heteroatoms. The number of fused-ring (bicyclic) bond motifs is 1. The molecule has 2 rings (SSSR count). The number of nitrogens with zero attached hydrogens (tertiary/aromatic N) is 2. The lowest BCUT2D eigenvalue weighted by atomic mass is 10.3. The van der Waals surface area contributed by atoms with Crippen LogP contribution in [0.1, 0.15) is 0 Å². The largest absolute Gasteiger partial charge is 0.707 e. The van der Waals surface area contributed by atoms with Crippen LogP contribution in [0.25, 0.3) is 11.0 Å². The number of methoxy groups -OCH3 is 1. The van der Waals surface area contributed by atoms with Crippen LogP contribution >= 0.6 is 0 Å². The molecular formula is C8H7N3O4. The molecule has 78 valence electrons. The summed E-state index contributed by atoms with van der Waals surface area (Å²) in [7, 11) is 1.35. The molecule has 0 amide bonds. The SMILES string of the molecule is COc1cccc2c1[n+]([O-])c(=O)[nH][n+]2[O-]. The average molecular weight is 209 g/mol. The van der Waals surface area contributed by atoms with Crippen molar-refractivity contribution in [2.75, 3.05) is 7.11 Å². The van der Waals surface area contributed by atoms with Crippen molar-refractivity contribution in [2.45, 2.75) is 0 Å². The standard InChI is InChI=1S/C8H7N3O4/c1-15-6-4-2-3-5-7(6)10(13)8(12)9-11(5)14/h2-4H,1H3,(H,9,12). The van der Waals surface area contributed by atoms with Crippen molar-refractivity contribution in [3.8, 4) is 5.75 Å². The predicted octanol–water partition coefficient (Wildman–Crippen LogP) is -1.20. The summed E-state index contributed by atoms with van der Waals surface area (Å²) < 4.78 is 4.98. The number of ether oxygens (including phenoxy) is 1. The summed E-state index contributed by atoms with van der Waals surface area (Å²) in [6.07, 6.45) is 0. The Kier molecular flexibility index (Phi) is 1.93. The van der Waals surface area contributed by atoms with E-state index in [0.717, 1.165) is 0 Å². The Morgan fingerprint density at radius 3 is 2.80 bits per heavy atom. The number of nitrogens with one attached hydrogen (secondary N) is 1. The molecule has 15 heavy (non-hydrogen) atoms. The van der Waals surface area contributed by atoms with E-state index in [2.05, 4.69) is 0 Å². The molecule has 1 heterocycles. The van der Waals surface area contributed by atoms with Gasteiger partial charge in [0.2, 0.25) is 0 Å². The third-order valence-electron chi connectivity index (χ3n) is 2.00. The molecule has 0 spiro atoms. The summed E-state index contributed by atoms with van der Waals surface area (Å²) in [5.41, 5.74) is -1.08. The molecule has 0 aliphatic carbocycles. The van der Waals surface area contributed by atoms with Crippen LogP contribution in [0.15, 0.2) is 23.0 Å². The van der Waals surface area contributed by atoms with Crippen LogP contribution in [-0.2, 0) is 0 Å². The van der Waals surface area contributed by atoms with Gasteiger partial charge in [-0.3, -0.25) is 0 Å². The van der Waals surface area contributed by atoms with E-state index < -0.39 is 5.69 Å². The topological polar surface area (TPSA) is 96.0 Å². The maximum absolute atomic E-state index is 11.4. The normalized spacial score (nSPS) is 10.5. The average Bonchev–Trinajstić information content (AvgIpc) is 2.25. The molecule has 0 radical (unpaired) electrons. The monoisotopic (exact) mass is 209 g/mol. The van der Waals surface area contributed by atoms with Crippen molar-refractivity contribution in [1.29, 1.82) is 0 Å². The number of aromatic nitrogens is 3. The highest BCUT2D eigenvalue weighted by Crippen LogP contribution is 2.17. The van der Waals surface area contributed by atoms with Crippen molar-refractivity contribution in [1.82, 2.24) is 5.10 Å². The molecule has 0 atom stereocenters. The lowest BCUT2D eigenvalue weighted by Gasteiger charge is -2.06. The van der Waals surface area contributed by atoms with E-state index in [0.29, 0.717) is 0 Å². The zero-order valence-corrected chi connectivity index (χ0v) is 7.76. The number of hydrogen-bond acceptors (Lipinski definition) is 4. The summed E-state index contributed by atoms with van der Waals surface area (Å²) in [6, 6.07) is 4.46. The molecule has 7 nitrogen and oxygen atoms in total. The number of rotatable bonds is 1. The second kappa shape index (κ2) is 3.12. The van der Waals surface area contributed by atoms with Gasteiger partial charge in [0, 0.05) is 16.0 Å². The highest BCUT2D eigenvalue weighted by Gasteiger charge is 2.18. The summed E-state index contributed by atoms with van der Waals surface area (Å²) in [5, 5.41) is 24.5. The van der Waals surface area contributed by atoms with Gasteiger partial charge in [-0.25, -0.2) is 0 Å². The Morgan fingerprint density at radius 1 is 1.40 bits per heavy atom. The van der Waals surface area contributed by atoms with Gasteiger partial charge in [-0.15, -0.1) is 0 Å². The molecule has 0 fully saturated rings. The molecule has 2 aromatic rings. The molecule has 0 saturated carbocycles. The maximum Gasteiger partial charge on any atom is 0.554 e. The van der Waals surface area contributed by atoms with E-state index in [4.69, 9.17) is 4.74 Å². The minimum atomic E-state index is -1.04. The number of benzene rings is 1. The number of aromatic amines is 1. The molecular weight excluding hydrogens is 202 g/mol. The summed E-state index contributed by atoms with van der Waals surface area (Å²) >= 11 is 0. The molecule has 0 unspecified atom stereocenters. The van der Waals surface area contributed by atoms with Crippen molar-refractivity contribution < 1.29 is 14.3 Å². The fourth-order valence-corrected chi connectivity index (χ4v) is 1.34. The molecule has 0 aliphatic heterocycles. The minimum Gasteiger partial charge on any atom is -0.707 e. The van der Waals surface area contributed by atoms with Crippen LogP contribution in [0.5, 0.6) is 5.75 Å². The smallest absolute Gasteiger partial charge is 0.554 e. The Hall–Kier alpha value is -2.31. The summed E-state index contributed by atoms with van der Waals surface area (Å²) in [6.45, 7) is 0. The van der Waals surface area contributed by atoms with Crippen molar-refractivity contribution in [3.05, 3.63) is 39.1 Å². The van der Waals surface area contributed by atoms with E-state index in [1.165, 1.54) is 19.2 Å². The summed E-state index contributed by atoms with van der Waals surface area (Å²) in [4.78, 5) is 11.3. The first-order valence-electron chi connectivity index (χ1n) is 4.07. The second-order valence-corrected chi connectivity index (χ2v) is 2.83. The van der Waals surface area contributed by atoms with Gasteiger partial charge in [-0.2, -0.15) is 9.52 Å². The molecule has 0 bridgehead atoms. The Labute approximate surface area is 83.3 Å². The first-order chi connectivity index (χ1) is 7.15. The lowest BCUT2D eigenvalue weighted by Crippen LogP contribution is -2.55. The van der Waals surface area contributed by atoms with E-state index >= 15 is 0 Å².